The molecule has 8 nitrogen and oxygen atoms in total. The Morgan fingerprint density at radius 3 is 2.83 bits per heavy atom. The lowest BCUT2D eigenvalue weighted by atomic mass is 10.1. The van der Waals surface area contributed by atoms with Crippen molar-refractivity contribution in [3.63, 3.8) is 0 Å². The molecule has 2 rings (SSSR count). The van der Waals surface area contributed by atoms with E-state index in [0.29, 0.717) is 12.5 Å². The SMILES string of the molecule is COc1nc(NN)nc(NCC2CCCCO2)n1. The molecule has 0 radical (unpaired) electrons. The van der Waals surface area contributed by atoms with Gasteiger partial charge in [-0.15, -0.1) is 0 Å². The predicted octanol–water partition coefficient (Wildman–Crippen LogP) is 0.147. The molecule has 1 aromatic heterocycles. The summed E-state index contributed by atoms with van der Waals surface area (Å²) in [6.07, 6.45) is 3.59. The highest BCUT2D eigenvalue weighted by Gasteiger charge is 2.14. The summed E-state index contributed by atoms with van der Waals surface area (Å²) >= 11 is 0. The molecule has 1 unspecified atom stereocenters. The molecule has 18 heavy (non-hydrogen) atoms. The number of nitrogens with two attached hydrogens (primary N) is 1. The van der Waals surface area contributed by atoms with Crippen molar-refractivity contribution in [3.05, 3.63) is 0 Å². The number of ether oxygens (including phenoxy) is 2. The van der Waals surface area contributed by atoms with Crippen molar-refractivity contribution in [2.45, 2.75) is 25.4 Å². The highest BCUT2D eigenvalue weighted by molar-refractivity contribution is 5.34. The zero-order chi connectivity index (χ0) is 12.8. The van der Waals surface area contributed by atoms with E-state index < -0.39 is 0 Å². The van der Waals surface area contributed by atoms with Crippen molar-refractivity contribution in [1.82, 2.24) is 15.0 Å². The fourth-order valence-corrected chi connectivity index (χ4v) is 1.76. The fraction of sp³-hybridized carbons (Fsp3) is 0.700. The first-order valence-corrected chi connectivity index (χ1v) is 5.94. The van der Waals surface area contributed by atoms with Crippen LogP contribution in [0, 0.1) is 0 Å². The molecule has 0 aliphatic carbocycles. The summed E-state index contributed by atoms with van der Waals surface area (Å²) in [6, 6.07) is 0.213. The van der Waals surface area contributed by atoms with Crippen LogP contribution in [-0.4, -0.2) is 41.3 Å². The van der Waals surface area contributed by atoms with Crippen LogP contribution in [0.4, 0.5) is 11.9 Å². The van der Waals surface area contributed by atoms with Gasteiger partial charge in [-0.2, -0.15) is 15.0 Å². The molecule has 1 aromatic rings. The Balaban J connectivity index is 1.94. The van der Waals surface area contributed by atoms with Crippen LogP contribution in [0.5, 0.6) is 6.01 Å². The maximum Gasteiger partial charge on any atom is 0.322 e. The van der Waals surface area contributed by atoms with E-state index in [-0.39, 0.29) is 18.1 Å². The van der Waals surface area contributed by atoms with Crippen molar-refractivity contribution < 1.29 is 9.47 Å². The third-order valence-corrected chi connectivity index (χ3v) is 2.69. The minimum Gasteiger partial charge on any atom is -0.467 e. The summed E-state index contributed by atoms with van der Waals surface area (Å²) in [7, 11) is 1.49. The van der Waals surface area contributed by atoms with E-state index in [0.717, 1.165) is 19.4 Å². The zero-order valence-corrected chi connectivity index (χ0v) is 10.3. The van der Waals surface area contributed by atoms with Crippen LogP contribution in [0.25, 0.3) is 0 Å². The maximum atomic E-state index is 5.61. The van der Waals surface area contributed by atoms with Gasteiger partial charge in [0.25, 0.3) is 0 Å². The Bertz CT molecular complexity index is 360. The molecule has 1 aliphatic heterocycles. The average molecular weight is 254 g/mol. The topological polar surface area (TPSA) is 107 Å². The number of nitrogens with one attached hydrogen (secondary N) is 2. The number of hydrogen-bond donors (Lipinski definition) is 3. The van der Waals surface area contributed by atoms with Crippen LogP contribution in [0.15, 0.2) is 0 Å². The lowest BCUT2D eigenvalue weighted by molar-refractivity contribution is 0.0246. The summed E-state index contributed by atoms with van der Waals surface area (Å²) in [5, 5.41) is 3.10. The molecule has 1 saturated heterocycles. The van der Waals surface area contributed by atoms with Gasteiger partial charge < -0.3 is 14.8 Å². The van der Waals surface area contributed by atoms with Gasteiger partial charge in [0.1, 0.15) is 0 Å². The molecule has 1 aliphatic rings. The van der Waals surface area contributed by atoms with Crippen molar-refractivity contribution in [2.75, 3.05) is 31.0 Å². The molecule has 1 fully saturated rings. The first-order valence-electron chi connectivity index (χ1n) is 5.94. The van der Waals surface area contributed by atoms with Gasteiger partial charge in [-0.1, -0.05) is 0 Å². The van der Waals surface area contributed by atoms with E-state index in [1.807, 2.05) is 0 Å². The molecule has 0 aromatic carbocycles. The molecule has 100 valence electrons. The van der Waals surface area contributed by atoms with E-state index in [2.05, 4.69) is 25.7 Å². The summed E-state index contributed by atoms with van der Waals surface area (Å²) in [4.78, 5) is 12.1. The standard InChI is InChI=1S/C10H18N6O2/c1-17-10-14-8(13-9(15-10)16-11)12-6-7-4-2-3-5-18-7/h7H,2-6,11H2,1H3,(H2,12,13,14,15,16). The molecular weight excluding hydrogens is 236 g/mol. The van der Waals surface area contributed by atoms with E-state index in [1.54, 1.807) is 0 Å². The smallest absolute Gasteiger partial charge is 0.322 e. The first-order chi connectivity index (χ1) is 8.81. The highest BCUT2D eigenvalue weighted by Crippen LogP contribution is 2.14. The minimum absolute atomic E-state index is 0.204. The molecule has 1 atom stereocenters. The number of rotatable bonds is 5. The summed E-state index contributed by atoms with van der Waals surface area (Å²) < 4.78 is 10.6. The van der Waals surface area contributed by atoms with Gasteiger partial charge >= 0.3 is 6.01 Å². The maximum absolute atomic E-state index is 5.61. The van der Waals surface area contributed by atoms with Gasteiger partial charge in [-0.25, -0.2) is 5.84 Å². The van der Waals surface area contributed by atoms with Crippen molar-refractivity contribution in [1.29, 1.82) is 0 Å². The van der Waals surface area contributed by atoms with Gasteiger partial charge in [0, 0.05) is 13.2 Å². The van der Waals surface area contributed by atoms with Crippen LogP contribution in [-0.2, 0) is 4.74 Å². The number of anilines is 2. The zero-order valence-electron chi connectivity index (χ0n) is 10.3. The summed E-state index contributed by atoms with van der Waals surface area (Å²) in [5.41, 5.74) is 2.37. The number of methoxy groups -OCH3 is 1. The lowest BCUT2D eigenvalue weighted by Crippen LogP contribution is -2.27. The number of nitrogens with zero attached hydrogens (tertiary/aromatic N) is 3. The largest absolute Gasteiger partial charge is 0.467 e. The number of hydrogen-bond acceptors (Lipinski definition) is 8. The minimum atomic E-state index is 0.204. The Morgan fingerprint density at radius 2 is 2.17 bits per heavy atom. The average Bonchev–Trinajstić information content (AvgIpc) is 2.45. The highest BCUT2D eigenvalue weighted by atomic mass is 16.5. The molecule has 4 N–H and O–H groups in total. The molecule has 2 heterocycles. The van der Waals surface area contributed by atoms with E-state index in [1.165, 1.54) is 13.5 Å². The van der Waals surface area contributed by atoms with Crippen LogP contribution in [0.1, 0.15) is 19.3 Å². The van der Waals surface area contributed by atoms with Crippen molar-refractivity contribution >= 4 is 11.9 Å². The van der Waals surface area contributed by atoms with Gasteiger partial charge in [-0.3, -0.25) is 5.43 Å². The van der Waals surface area contributed by atoms with E-state index in [4.69, 9.17) is 15.3 Å². The fourth-order valence-electron chi connectivity index (χ4n) is 1.76. The quantitative estimate of drug-likeness (QED) is 0.503. The number of aromatic nitrogens is 3. The van der Waals surface area contributed by atoms with E-state index >= 15 is 0 Å². The second-order valence-electron chi connectivity index (χ2n) is 3.98. The number of hydrazine groups is 1. The Kier molecular flexibility index (Phi) is 4.48. The van der Waals surface area contributed by atoms with Crippen molar-refractivity contribution in [3.8, 4) is 6.01 Å². The normalized spacial score (nSPS) is 19.3. The van der Waals surface area contributed by atoms with Crippen LogP contribution in [0.3, 0.4) is 0 Å². The van der Waals surface area contributed by atoms with Gasteiger partial charge in [0.05, 0.1) is 13.2 Å². The van der Waals surface area contributed by atoms with Crippen LogP contribution in [0.2, 0.25) is 0 Å². The molecule has 0 bridgehead atoms. The summed E-state index contributed by atoms with van der Waals surface area (Å²) in [5.74, 6) is 5.95. The second kappa shape index (κ2) is 6.31. The Morgan fingerprint density at radius 1 is 1.33 bits per heavy atom. The van der Waals surface area contributed by atoms with E-state index in [9.17, 15) is 0 Å². The van der Waals surface area contributed by atoms with Gasteiger partial charge in [0.15, 0.2) is 0 Å². The monoisotopic (exact) mass is 254 g/mol. The van der Waals surface area contributed by atoms with Gasteiger partial charge in [-0.05, 0) is 19.3 Å². The molecule has 8 heteroatoms. The lowest BCUT2D eigenvalue weighted by Gasteiger charge is -2.22. The molecular formula is C10H18N6O2. The third kappa shape index (κ3) is 3.41. The second-order valence-corrected chi connectivity index (χ2v) is 3.98. The summed E-state index contributed by atoms with van der Waals surface area (Å²) in [6.45, 7) is 1.49. The first kappa shape index (κ1) is 12.8. The molecule has 0 saturated carbocycles. The van der Waals surface area contributed by atoms with Crippen molar-refractivity contribution in [2.24, 2.45) is 5.84 Å². The Hall–Kier alpha value is -1.67. The molecule has 0 spiro atoms. The van der Waals surface area contributed by atoms with Crippen LogP contribution >= 0.6 is 0 Å². The Labute approximate surface area is 105 Å². The van der Waals surface area contributed by atoms with Gasteiger partial charge in [0.2, 0.25) is 11.9 Å². The van der Waals surface area contributed by atoms with Crippen LogP contribution < -0.4 is 21.3 Å². The predicted molar refractivity (Wildman–Crippen MR) is 66.3 cm³/mol. The molecule has 0 amide bonds. The third-order valence-electron chi connectivity index (χ3n) is 2.69. The number of nitrogen functional groups attached to an aromatic ring is 1.